The molecule has 3 aromatic rings. The first kappa shape index (κ1) is 22.2. The average molecular weight is 443 g/mol. The first-order chi connectivity index (χ1) is 16.0. The van der Waals surface area contributed by atoms with Crippen molar-refractivity contribution in [2.24, 2.45) is 0 Å². The molecular weight excluding hydrogens is 416 g/mol. The molecule has 2 aromatic carbocycles. The molecule has 4 rings (SSSR count). The van der Waals surface area contributed by atoms with Crippen LogP contribution in [0.4, 0.5) is 5.69 Å². The lowest BCUT2D eigenvalue weighted by molar-refractivity contribution is -0.120. The van der Waals surface area contributed by atoms with Crippen LogP contribution in [0.1, 0.15) is 50.0 Å². The predicted molar refractivity (Wildman–Crippen MR) is 126 cm³/mol. The summed E-state index contributed by atoms with van der Waals surface area (Å²) in [6.07, 6.45) is 1.74. The van der Waals surface area contributed by atoms with Crippen molar-refractivity contribution in [1.82, 2.24) is 15.2 Å². The van der Waals surface area contributed by atoms with Crippen molar-refractivity contribution in [2.75, 3.05) is 11.9 Å². The number of aromatic nitrogens is 1. The highest BCUT2D eigenvalue weighted by molar-refractivity contribution is 6.05. The van der Waals surface area contributed by atoms with Crippen molar-refractivity contribution in [3.63, 3.8) is 0 Å². The van der Waals surface area contributed by atoms with Crippen LogP contribution < -0.4 is 10.6 Å². The topological polar surface area (TPSA) is 91.4 Å². The molecule has 0 saturated carbocycles. The van der Waals surface area contributed by atoms with Crippen LogP contribution in [0.5, 0.6) is 0 Å². The van der Waals surface area contributed by atoms with E-state index in [2.05, 4.69) is 15.6 Å². The number of carbonyl (C=O) groups is 3. The maximum Gasteiger partial charge on any atom is 0.255 e. The van der Waals surface area contributed by atoms with Gasteiger partial charge in [-0.3, -0.25) is 19.4 Å². The normalized spacial score (nSPS) is 12.4. The van der Waals surface area contributed by atoms with E-state index in [-0.39, 0.29) is 24.1 Å². The Morgan fingerprint density at radius 3 is 2.61 bits per heavy atom. The molecule has 7 heteroatoms. The van der Waals surface area contributed by atoms with Crippen LogP contribution >= 0.6 is 0 Å². The number of amides is 3. The molecule has 2 N–H and O–H groups in total. The zero-order chi connectivity index (χ0) is 23.4. The van der Waals surface area contributed by atoms with Crippen LogP contribution in [0.25, 0.3) is 0 Å². The molecule has 0 atom stereocenters. The number of benzene rings is 2. The van der Waals surface area contributed by atoms with Crippen LogP contribution in [0.2, 0.25) is 0 Å². The van der Waals surface area contributed by atoms with Crippen LogP contribution in [-0.2, 0) is 24.3 Å². The van der Waals surface area contributed by atoms with E-state index in [1.165, 1.54) is 0 Å². The van der Waals surface area contributed by atoms with Gasteiger partial charge in [-0.25, -0.2) is 0 Å². The first-order valence-corrected chi connectivity index (χ1v) is 10.9. The maximum atomic E-state index is 13.0. The summed E-state index contributed by atoms with van der Waals surface area (Å²) >= 11 is 0. The Hall–Kier alpha value is -4.00. The largest absolute Gasteiger partial charge is 0.356 e. The van der Waals surface area contributed by atoms with Gasteiger partial charge in [-0.05, 0) is 49.2 Å². The number of nitrogens with zero attached hydrogens (tertiary/aromatic N) is 2. The molecule has 0 bridgehead atoms. The van der Waals surface area contributed by atoms with Crippen molar-refractivity contribution >= 4 is 23.4 Å². The minimum absolute atomic E-state index is 0.0758. The molecule has 1 aromatic heterocycles. The van der Waals surface area contributed by atoms with E-state index < -0.39 is 0 Å². The molecule has 33 heavy (non-hydrogen) atoms. The summed E-state index contributed by atoms with van der Waals surface area (Å²) < 4.78 is 0. The summed E-state index contributed by atoms with van der Waals surface area (Å²) in [6.45, 7) is 5.13. The monoisotopic (exact) mass is 442 g/mol. The lowest BCUT2D eigenvalue weighted by Gasteiger charge is -2.17. The Bertz CT molecular complexity index is 1210. The van der Waals surface area contributed by atoms with Gasteiger partial charge < -0.3 is 15.5 Å². The molecule has 0 aliphatic carbocycles. The standard InChI is InChI=1S/C26H26N4O3/c1-3-27-24(31)14-23-22-16-30(26(33)21(22)11-12-28-23)15-18-9-10-20(17(2)13-18)25(32)29-19-7-5-4-6-8-19/h4-13H,3,14-16H2,1-2H3,(H,27,31)(H,29,32). The van der Waals surface area contributed by atoms with E-state index in [1.807, 2.05) is 56.3 Å². The van der Waals surface area contributed by atoms with Crippen LogP contribution in [0.15, 0.2) is 60.8 Å². The van der Waals surface area contributed by atoms with Gasteiger partial charge in [-0.1, -0.05) is 30.3 Å². The molecular formula is C26H26N4O3. The van der Waals surface area contributed by atoms with Gasteiger partial charge in [0.2, 0.25) is 5.91 Å². The van der Waals surface area contributed by atoms with Gasteiger partial charge in [0.15, 0.2) is 0 Å². The van der Waals surface area contributed by atoms with Gasteiger partial charge in [0.05, 0.1) is 12.1 Å². The van der Waals surface area contributed by atoms with Crippen LogP contribution in [0, 0.1) is 6.92 Å². The average Bonchev–Trinajstić information content (AvgIpc) is 3.11. The number of para-hydroxylation sites is 1. The summed E-state index contributed by atoms with van der Waals surface area (Å²) in [5.41, 5.74) is 5.14. The number of aryl methyl sites for hydroxylation is 1. The van der Waals surface area contributed by atoms with Crippen molar-refractivity contribution in [1.29, 1.82) is 0 Å². The Morgan fingerprint density at radius 2 is 1.88 bits per heavy atom. The number of anilines is 1. The molecule has 0 spiro atoms. The summed E-state index contributed by atoms with van der Waals surface area (Å²) in [5.74, 6) is -0.353. The highest BCUT2D eigenvalue weighted by Crippen LogP contribution is 2.27. The highest BCUT2D eigenvalue weighted by atomic mass is 16.2. The van der Waals surface area contributed by atoms with E-state index in [0.717, 1.165) is 22.4 Å². The van der Waals surface area contributed by atoms with E-state index in [4.69, 9.17) is 0 Å². The fourth-order valence-electron chi connectivity index (χ4n) is 4.06. The van der Waals surface area contributed by atoms with Gasteiger partial charge in [-0.2, -0.15) is 0 Å². The number of hydrogen-bond donors (Lipinski definition) is 2. The van der Waals surface area contributed by atoms with Gasteiger partial charge in [-0.15, -0.1) is 0 Å². The summed E-state index contributed by atoms with van der Waals surface area (Å²) in [7, 11) is 0. The number of fused-ring (bicyclic) bond motifs is 1. The molecule has 7 nitrogen and oxygen atoms in total. The van der Waals surface area contributed by atoms with Gasteiger partial charge in [0, 0.05) is 48.2 Å². The molecule has 1 aliphatic rings. The second-order valence-corrected chi connectivity index (χ2v) is 8.04. The van der Waals surface area contributed by atoms with Crippen molar-refractivity contribution < 1.29 is 14.4 Å². The molecule has 168 valence electrons. The minimum Gasteiger partial charge on any atom is -0.356 e. The van der Waals surface area contributed by atoms with Gasteiger partial charge >= 0.3 is 0 Å². The molecule has 0 saturated heterocycles. The molecule has 0 radical (unpaired) electrons. The summed E-state index contributed by atoms with van der Waals surface area (Å²) in [4.78, 5) is 43.7. The highest BCUT2D eigenvalue weighted by Gasteiger charge is 2.30. The van der Waals surface area contributed by atoms with E-state index in [9.17, 15) is 14.4 Å². The van der Waals surface area contributed by atoms with Crippen LogP contribution in [0.3, 0.4) is 0 Å². The summed E-state index contributed by atoms with van der Waals surface area (Å²) in [5, 5.41) is 5.67. The second kappa shape index (κ2) is 9.65. The third-order valence-electron chi connectivity index (χ3n) is 5.65. The van der Waals surface area contributed by atoms with Gasteiger partial charge in [0.25, 0.3) is 11.8 Å². The number of rotatable bonds is 7. The first-order valence-electron chi connectivity index (χ1n) is 10.9. The quantitative estimate of drug-likeness (QED) is 0.586. The Morgan fingerprint density at radius 1 is 1.09 bits per heavy atom. The number of carbonyl (C=O) groups excluding carboxylic acids is 3. The molecule has 1 aliphatic heterocycles. The maximum absolute atomic E-state index is 13.0. The number of hydrogen-bond acceptors (Lipinski definition) is 4. The Kier molecular flexibility index (Phi) is 6.49. The molecule has 0 fully saturated rings. The smallest absolute Gasteiger partial charge is 0.255 e. The number of likely N-dealkylation sites (N-methyl/N-ethyl adjacent to an activating group) is 1. The van der Waals surface area contributed by atoms with Crippen molar-refractivity contribution in [2.45, 2.75) is 33.4 Å². The predicted octanol–water partition coefficient (Wildman–Crippen LogP) is 3.48. The fraction of sp³-hybridized carbons (Fsp3) is 0.231. The number of nitrogens with one attached hydrogen (secondary N) is 2. The third kappa shape index (κ3) is 4.92. The third-order valence-corrected chi connectivity index (χ3v) is 5.65. The van der Waals surface area contributed by atoms with E-state index in [1.54, 1.807) is 23.2 Å². The van der Waals surface area contributed by atoms with Crippen molar-refractivity contribution in [3.8, 4) is 0 Å². The molecule has 3 amide bonds. The lowest BCUT2D eigenvalue weighted by atomic mass is 10.0. The van der Waals surface area contributed by atoms with Crippen LogP contribution in [-0.4, -0.2) is 34.2 Å². The number of pyridine rings is 1. The van der Waals surface area contributed by atoms with E-state index >= 15 is 0 Å². The molecule has 0 unspecified atom stereocenters. The second-order valence-electron chi connectivity index (χ2n) is 8.04. The SMILES string of the molecule is CCNC(=O)Cc1nccc2c1CN(Cc1ccc(C(=O)Nc3ccccc3)c(C)c1)C2=O. The summed E-state index contributed by atoms with van der Waals surface area (Å²) in [6, 6.07) is 16.6. The van der Waals surface area contributed by atoms with Gasteiger partial charge in [0.1, 0.15) is 0 Å². The van der Waals surface area contributed by atoms with E-state index in [0.29, 0.717) is 36.5 Å². The Labute approximate surface area is 192 Å². The lowest BCUT2D eigenvalue weighted by Crippen LogP contribution is -2.25. The zero-order valence-corrected chi connectivity index (χ0v) is 18.7. The Balaban J connectivity index is 1.47. The minimum atomic E-state index is -0.170. The molecule has 2 heterocycles. The van der Waals surface area contributed by atoms with Crippen molar-refractivity contribution in [3.05, 3.63) is 94.3 Å². The fourth-order valence-corrected chi connectivity index (χ4v) is 4.06. The zero-order valence-electron chi connectivity index (χ0n) is 18.7.